The number of likely N-dealkylation sites (tertiary alicyclic amines) is 1. The molecule has 0 bridgehead atoms. The van der Waals surface area contributed by atoms with Gasteiger partial charge in [0.1, 0.15) is 12.4 Å². The van der Waals surface area contributed by atoms with Gasteiger partial charge in [0.05, 0.1) is 32.1 Å². The Hall–Kier alpha value is -1.37. The van der Waals surface area contributed by atoms with Gasteiger partial charge in [0.2, 0.25) is 5.91 Å². The minimum absolute atomic E-state index is 0.142. The first-order valence-electron chi connectivity index (χ1n) is 9.53. The molecular formula is C19H28N2O4. The largest absolute Gasteiger partial charge is 0.468 e. The molecule has 138 valence electrons. The maximum atomic E-state index is 12.1. The molecule has 0 N–H and O–H groups in total. The smallest absolute Gasteiger partial charge is 0.248 e. The van der Waals surface area contributed by atoms with Gasteiger partial charge in [-0.1, -0.05) is 0 Å². The maximum absolute atomic E-state index is 12.1. The Morgan fingerprint density at radius 1 is 1.24 bits per heavy atom. The van der Waals surface area contributed by atoms with Crippen LogP contribution in [0, 0.1) is 5.92 Å². The Balaban J connectivity index is 1.24. The summed E-state index contributed by atoms with van der Waals surface area (Å²) in [6, 6.07) is 4.40. The molecule has 3 heterocycles. The molecule has 0 unspecified atom stereocenters. The van der Waals surface area contributed by atoms with E-state index in [1.807, 2.05) is 17.0 Å². The second kappa shape index (κ2) is 7.89. The minimum atomic E-state index is 0.142. The van der Waals surface area contributed by atoms with Crippen molar-refractivity contribution in [3.05, 3.63) is 24.2 Å². The van der Waals surface area contributed by atoms with Gasteiger partial charge in [0, 0.05) is 25.7 Å². The average molecular weight is 348 g/mol. The summed E-state index contributed by atoms with van der Waals surface area (Å²) in [7, 11) is 0. The second-order valence-corrected chi connectivity index (χ2v) is 7.47. The molecule has 1 aliphatic carbocycles. The van der Waals surface area contributed by atoms with Crippen LogP contribution in [-0.2, 0) is 20.8 Å². The van der Waals surface area contributed by atoms with Crippen molar-refractivity contribution in [2.45, 2.75) is 44.4 Å². The van der Waals surface area contributed by atoms with Gasteiger partial charge in [-0.05, 0) is 43.7 Å². The first kappa shape index (κ1) is 17.1. The number of hydrogen-bond donors (Lipinski definition) is 0. The van der Waals surface area contributed by atoms with Gasteiger partial charge in [0.25, 0.3) is 0 Å². The number of rotatable bonds is 6. The summed E-state index contributed by atoms with van der Waals surface area (Å²) in [4.78, 5) is 16.5. The molecular weight excluding hydrogens is 320 g/mol. The van der Waals surface area contributed by atoms with E-state index >= 15 is 0 Å². The monoisotopic (exact) mass is 348 g/mol. The fourth-order valence-corrected chi connectivity index (χ4v) is 4.43. The number of morpholine rings is 1. The molecule has 4 rings (SSSR count). The zero-order chi connectivity index (χ0) is 17.1. The van der Waals surface area contributed by atoms with Crippen LogP contribution in [0.5, 0.6) is 0 Å². The number of amides is 1. The molecule has 3 fully saturated rings. The molecule has 1 saturated carbocycles. The molecule has 3 aliphatic rings. The fraction of sp³-hybridized carbons (Fsp3) is 0.737. The lowest BCUT2D eigenvalue weighted by molar-refractivity contribution is -0.135. The molecule has 1 amide bonds. The van der Waals surface area contributed by atoms with E-state index in [-0.39, 0.29) is 18.6 Å². The molecule has 2 aliphatic heterocycles. The standard InChI is InChI=1S/C19H28N2O4/c22-19(20-5-1-2-6-20)14-23-13-15-10-17-18(11-15)25-9-7-21(17)12-16-4-3-8-24-16/h3-4,8,15,17-18H,1-2,5-7,9-14H2/t15-,17-,18-/m0/s1. The first-order chi connectivity index (χ1) is 12.3. The molecule has 1 aromatic rings. The highest BCUT2D eigenvalue weighted by atomic mass is 16.5. The lowest BCUT2D eigenvalue weighted by Gasteiger charge is -2.37. The Bertz CT molecular complexity index is 556. The summed E-state index contributed by atoms with van der Waals surface area (Å²) in [5.74, 6) is 1.62. The van der Waals surface area contributed by atoms with E-state index in [4.69, 9.17) is 13.9 Å². The van der Waals surface area contributed by atoms with Crippen LogP contribution in [0.2, 0.25) is 0 Å². The van der Waals surface area contributed by atoms with Gasteiger partial charge in [-0.2, -0.15) is 0 Å². The summed E-state index contributed by atoms with van der Waals surface area (Å²) in [5.41, 5.74) is 0. The van der Waals surface area contributed by atoms with Gasteiger partial charge in [-0.3, -0.25) is 9.69 Å². The zero-order valence-corrected chi connectivity index (χ0v) is 14.8. The molecule has 6 nitrogen and oxygen atoms in total. The SMILES string of the molecule is O=C(COC[C@@H]1C[C@@H]2OCCN(Cc3ccco3)[C@H]2C1)N1CCCC1. The Morgan fingerprint density at radius 2 is 2.12 bits per heavy atom. The average Bonchev–Trinajstić information content (AvgIpc) is 3.36. The molecule has 6 heteroatoms. The molecule has 25 heavy (non-hydrogen) atoms. The quantitative estimate of drug-likeness (QED) is 0.786. The van der Waals surface area contributed by atoms with E-state index < -0.39 is 0 Å². The van der Waals surface area contributed by atoms with E-state index in [0.717, 1.165) is 64.2 Å². The first-order valence-corrected chi connectivity index (χ1v) is 9.53. The topological polar surface area (TPSA) is 55.2 Å². The lowest BCUT2D eigenvalue weighted by Crippen LogP contribution is -2.47. The number of furan rings is 1. The number of nitrogens with zero attached hydrogens (tertiary/aromatic N) is 2. The molecule has 0 radical (unpaired) electrons. The van der Waals surface area contributed by atoms with Gasteiger partial charge in [-0.25, -0.2) is 0 Å². The second-order valence-electron chi connectivity index (χ2n) is 7.47. The number of hydrogen-bond acceptors (Lipinski definition) is 5. The number of fused-ring (bicyclic) bond motifs is 1. The summed E-state index contributed by atoms with van der Waals surface area (Å²) in [5, 5.41) is 0. The van der Waals surface area contributed by atoms with E-state index in [0.29, 0.717) is 18.6 Å². The van der Waals surface area contributed by atoms with Gasteiger partial charge >= 0.3 is 0 Å². The van der Waals surface area contributed by atoms with Crippen LogP contribution in [0.15, 0.2) is 22.8 Å². The number of ether oxygens (including phenoxy) is 2. The van der Waals surface area contributed by atoms with Crippen LogP contribution in [0.1, 0.15) is 31.4 Å². The van der Waals surface area contributed by atoms with Gasteiger partial charge in [-0.15, -0.1) is 0 Å². The third kappa shape index (κ3) is 4.07. The third-order valence-corrected chi connectivity index (χ3v) is 5.73. The summed E-state index contributed by atoms with van der Waals surface area (Å²) in [6.45, 7) is 5.24. The number of carbonyl (C=O) groups is 1. The zero-order valence-electron chi connectivity index (χ0n) is 14.8. The highest BCUT2D eigenvalue weighted by molar-refractivity contribution is 5.77. The van der Waals surface area contributed by atoms with E-state index in [1.165, 1.54) is 0 Å². The fourth-order valence-electron chi connectivity index (χ4n) is 4.43. The predicted octanol–water partition coefficient (Wildman–Crippen LogP) is 1.90. The third-order valence-electron chi connectivity index (χ3n) is 5.73. The molecule has 0 aromatic carbocycles. The van der Waals surface area contributed by atoms with E-state index in [2.05, 4.69) is 4.90 Å². The van der Waals surface area contributed by atoms with Crippen molar-refractivity contribution >= 4 is 5.91 Å². The Morgan fingerprint density at radius 3 is 2.92 bits per heavy atom. The van der Waals surface area contributed by atoms with Crippen LogP contribution in [0.3, 0.4) is 0 Å². The van der Waals surface area contributed by atoms with Crippen molar-refractivity contribution < 1.29 is 18.7 Å². The molecule has 2 saturated heterocycles. The predicted molar refractivity (Wildman–Crippen MR) is 92.0 cm³/mol. The normalized spacial score (nSPS) is 29.9. The Kier molecular flexibility index (Phi) is 5.39. The van der Waals surface area contributed by atoms with Crippen molar-refractivity contribution in [1.29, 1.82) is 0 Å². The van der Waals surface area contributed by atoms with E-state index in [1.54, 1.807) is 6.26 Å². The highest BCUT2D eigenvalue weighted by Gasteiger charge is 2.41. The van der Waals surface area contributed by atoms with Gasteiger partial charge in [0.15, 0.2) is 0 Å². The summed E-state index contributed by atoms with van der Waals surface area (Å²) in [6.07, 6.45) is 6.36. The highest BCUT2D eigenvalue weighted by Crippen LogP contribution is 2.35. The van der Waals surface area contributed by atoms with Crippen LogP contribution in [0.25, 0.3) is 0 Å². The Labute approximate surface area is 149 Å². The molecule has 1 aromatic heterocycles. The van der Waals surface area contributed by atoms with Crippen LogP contribution in [-0.4, -0.2) is 67.3 Å². The van der Waals surface area contributed by atoms with Crippen molar-refractivity contribution in [2.75, 3.05) is 39.5 Å². The lowest BCUT2D eigenvalue weighted by atomic mass is 10.1. The van der Waals surface area contributed by atoms with Crippen LogP contribution < -0.4 is 0 Å². The molecule has 3 atom stereocenters. The minimum Gasteiger partial charge on any atom is -0.468 e. The van der Waals surface area contributed by atoms with Crippen molar-refractivity contribution in [3.63, 3.8) is 0 Å². The maximum Gasteiger partial charge on any atom is 0.248 e. The summed E-state index contributed by atoms with van der Waals surface area (Å²) < 4.78 is 17.2. The summed E-state index contributed by atoms with van der Waals surface area (Å²) >= 11 is 0. The van der Waals surface area contributed by atoms with E-state index in [9.17, 15) is 4.79 Å². The van der Waals surface area contributed by atoms with Crippen molar-refractivity contribution in [1.82, 2.24) is 9.80 Å². The van der Waals surface area contributed by atoms with Crippen molar-refractivity contribution in [2.24, 2.45) is 5.92 Å². The van der Waals surface area contributed by atoms with Crippen molar-refractivity contribution in [3.8, 4) is 0 Å². The van der Waals surface area contributed by atoms with Crippen LogP contribution >= 0.6 is 0 Å². The molecule has 0 spiro atoms. The van der Waals surface area contributed by atoms with Gasteiger partial charge < -0.3 is 18.8 Å². The number of carbonyl (C=O) groups excluding carboxylic acids is 1. The van der Waals surface area contributed by atoms with Crippen LogP contribution in [0.4, 0.5) is 0 Å².